The lowest BCUT2D eigenvalue weighted by Gasteiger charge is -2.36. The van der Waals surface area contributed by atoms with E-state index in [1.807, 2.05) is 12.1 Å². The SMILES string of the molecule is C[C@H](c1ccc(F)cc1)N1CCC(CC(N)=O)CC1. The first-order chi connectivity index (χ1) is 9.06. The molecule has 3 nitrogen and oxygen atoms in total. The highest BCUT2D eigenvalue weighted by atomic mass is 19.1. The van der Waals surface area contributed by atoms with Crippen molar-refractivity contribution in [3.8, 4) is 0 Å². The van der Waals surface area contributed by atoms with Crippen LogP contribution in [0.4, 0.5) is 4.39 Å². The number of likely N-dealkylation sites (tertiary alicyclic amines) is 1. The van der Waals surface area contributed by atoms with Gasteiger partial charge < -0.3 is 5.73 Å². The van der Waals surface area contributed by atoms with Gasteiger partial charge in [0.05, 0.1) is 0 Å². The van der Waals surface area contributed by atoms with Gasteiger partial charge in [0.2, 0.25) is 5.91 Å². The van der Waals surface area contributed by atoms with E-state index in [-0.39, 0.29) is 17.8 Å². The third-order valence-electron chi connectivity index (χ3n) is 4.04. The normalized spacial score (nSPS) is 19.3. The molecule has 1 aromatic rings. The number of hydrogen-bond acceptors (Lipinski definition) is 2. The van der Waals surface area contributed by atoms with Crippen molar-refractivity contribution in [3.05, 3.63) is 35.6 Å². The number of nitrogens with zero attached hydrogens (tertiary/aromatic N) is 1. The molecule has 1 aliphatic heterocycles. The fourth-order valence-electron chi connectivity index (χ4n) is 2.78. The van der Waals surface area contributed by atoms with E-state index in [0.717, 1.165) is 31.5 Å². The molecule has 1 aromatic carbocycles. The molecule has 4 heteroatoms. The average molecular weight is 264 g/mol. The van der Waals surface area contributed by atoms with Crippen LogP contribution in [0, 0.1) is 11.7 Å². The molecule has 104 valence electrons. The van der Waals surface area contributed by atoms with Crippen molar-refractivity contribution >= 4 is 5.91 Å². The van der Waals surface area contributed by atoms with Crippen molar-refractivity contribution in [1.29, 1.82) is 0 Å². The first-order valence-electron chi connectivity index (χ1n) is 6.84. The Labute approximate surface area is 113 Å². The molecular weight excluding hydrogens is 243 g/mol. The van der Waals surface area contributed by atoms with Gasteiger partial charge >= 0.3 is 0 Å². The molecule has 0 aliphatic carbocycles. The van der Waals surface area contributed by atoms with Crippen LogP contribution in [0.25, 0.3) is 0 Å². The Balaban J connectivity index is 1.90. The van der Waals surface area contributed by atoms with Gasteiger partial charge in [0.15, 0.2) is 0 Å². The van der Waals surface area contributed by atoms with E-state index in [9.17, 15) is 9.18 Å². The van der Waals surface area contributed by atoms with Gasteiger partial charge in [-0.2, -0.15) is 0 Å². The molecule has 2 rings (SSSR count). The van der Waals surface area contributed by atoms with Crippen LogP contribution in [-0.4, -0.2) is 23.9 Å². The summed E-state index contributed by atoms with van der Waals surface area (Å²) in [6.45, 7) is 4.08. The molecule has 19 heavy (non-hydrogen) atoms. The Bertz CT molecular complexity index is 424. The predicted octanol–water partition coefficient (Wildman–Crippen LogP) is 2.47. The Morgan fingerprint density at radius 2 is 1.95 bits per heavy atom. The largest absolute Gasteiger partial charge is 0.370 e. The number of carbonyl (C=O) groups excluding carboxylic acids is 1. The molecule has 1 heterocycles. The Morgan fingerprint density at radius 3 is 2.47 bits per heavy atom. The second-order valence-corrected chi connectivity index (χ2v) is 5.38. The zero-order valence-corrected chi connectivity index (χ0v) is 11.3. The second-order valence-electron chi connectivity index (χ2n) is 5.38. The summed E-state index contributed by atoms with van der Waals surface area (Å²) in [5.41, 5.74) is 6.37. The molecule has 1 amide bonds. The standard InChI is InChI=1S/C15H21FN2O/c1-11(13-2-4-14(16)5-3-13)18-8-6-12(7-9-18)10-15(17)19/h2-5,11-12H,6-10H2,1H3,(H2,17,19)/t11-/m1/s1. The monoisotopic (exact) mass is 264 g/mol. The molecular formula is C15H21FN2O. The van der Waals surface area contributed by atoms with Crippen LogP contribution >= 0.6 is 0 Å². The highest BCUT2D eigenvalue weighted by Crippen LogP contribution is 2.27. The van der Waals surface area contributed by atoms with E-state index in [4.69, 9.17) is 5.73 Å². The summed E-state index contributed by atoms with van der Waals surface area (Å²) >= 11 is 0. The maximum absolute atomic E-state index is 12.9. The number of primary amides is 1. The van der Waals surface area contributed by atoms with Gasteiger partial charge in [-0.25, -0.2) is 4.39 Å². The predicted molar refractivity (Wildman–Crippen MR) is 72.9 cm³/mol. The van der Waals surface area contributed by atoms with E-state index in [1.165, 1.54) is 12.1 Å². The lowest BCUT2D eigenvalue weighted by molar-refractivity contribution is -0.119. The summed E-state index contributed by atoms with van der Waals surface area (Å²) in [4.78, 5) is 13.3. The van der Waals surface area contributed by atoms with Crippen molar-refractivity contribution in [2.75, 3.05) is 13.1 Å². The quantitative estimate of drug-likeness (QED) is 0.908. The van der Waals surface area contributed by atoms with Crippen LogP contribution in [0.5, 0.6) is 0 Å². The molecule has 2 N–H and O–H groups in total. The number of carbonyl (C=O) groups is 1. The number of hydrogen-bond donors (Lipinski definition) is 1. The molecule has 0 unspecified atom stereocenters. The fraction of sp³-hybridized carbons (Fsp3) is 0.533. The van der Waals surface area contributed by atoms with E-state index >= 15 is 0 Å². The fourth-order valence-corrected chi connectivity index (χ4v) is 2.78. The molecule has 1 fully saturated rings. The van der Waals surface area contributed by atoms with Crippen molar-refractivity contribution in [3.63, 3.8) is 0 Å². The zero-order chi connectivity index (χ0) is 13.8. The highest BCUT2D eigenvalue weighted by Gasteiger charge is 2.24. The Kier molecular flexibility index (Phi) is 4.53. The van der Waals surface area contributed by atoms with Gasteiger partial charge in [-0.05, 0) is 56.5 Å². The lowest BCUT2D eigenvalue weighted by atomic mass is 9.92. The van der Waals surface area contributed by atoms with Crippen molar-refractivity contribution < 1.29 is 9.18 Å². The van der Waals surface area contributed by atoms with Crippen LogP contribution in [-0.2, 0) is 4.79 Å². The Morgan fingerprint density at radius 1 is 1.37 bits per heavy atom. The molecule has 0 radical (unpaired) electrons. The van der Waals surface area contributed by atoms with Crippen LogP contribution in [0.1, 0.15) is 37.8 Å². The first kappa shape index (κ1) is 14.0. The highest BCUT2D eigenvalue weighted by molar-refractivity contribution is 5.73. The summed E-state index contributed by atoms with van der Waals surface area (Å²) in [7, 11) is 0. The van der Waals surface area contributed by atoms with E-state index in [0.29, 0.717) is 12.3 Å². The Hall–Kier alpha value is -1.42. The summed E-state index contributed by atoms with van der Waals surface area (Å²) in [5, 5.41) is 0. The smallest absolute Gasteiger partial charge is 0.217 e. The maximum atomic E-state index is 12.9. The molecule has 0 spiro atoms. The zero-order valence-electron chi connectivity index (χ0n) is 11.3. The minimum Gasteiger partial charge on any atom is -0.370 e. The first-order valence-corrected chi connectivity index (χ1v) is 6.84. The molecule has 1 atom stereocenters. The van der Waals surface area contributed by atoms with Gasteiger partial charge in [-0.3, -0.25) is 9.69 Å². The third kappa shape index (κ3) is 3.77. The number of rotatable bonds is 4. The van der Waals surface area contributed by atoms with Crippen molar-refractivity contribution in [2.45, 2.75) is 32.2 Å². The van der Waals surface area contributed by atoms with Gasteiger partial charge in [0.1, 0.15) is 5.82 Å². The lowest BCUT2D eigenvalue weighted by Crippen LogP contribution is -2.36. The summed E-state index contributed by atoms with van der Waals surface area (Å²) in [5.74, 6) is 0.0234. The van der Waals surface area contributed by atoms with E-state index in [2.05, 4.69) is 11.8 Å². The van der Waals surface area contributed by atoms with E-state index in [1.54, 1.807) is 0 Å². The van der Waals surface area contributed by atoms with Gasteiger partial charge in [0, 0.05) is 12.5 Å². The average Bonchev–Trinajstić information content (AvgIpc) is 2.39. The minimum atomic E-state index is -0.204. The van der Waals surface area contributed by atoms with Crippen LogP contribution in [0.3, 0.4) is 0 Å². The molecule has 0 saturated carbocycles. The van der Waals surface area contributed by atoms with Gasteiger partial charge in [-0.15, -0.1) is 0 Å². The number of halogens is 1. The third-order valence-corrected chi connectivity index (χ3v) is 4.04. The van der Waals surface area contributed by atoms with Gasteiger partial charge in [0.25, 0.3) is 0 Å². The topological polar surface area (TPSA) is 46.3 Å². The molecule has 0 aromatic heterocycles. The number of piperidine rings is 1. The summed E-state index contributed by atoms with van der Waals surface area (Å²) < 4.78 is 12.9. The van der Waals surface area contributed by atoms with Crippen LogP contribution in [0.15, 0.2) is 24.3 Å². The minimum absolute atomic E-state index is 0.198. The molecule has 0 bridgehead atoms. The summed E-state index contributed by atoms with van der Waals surface area (Å²) in [6.07, 6.45) is 2.52. The summed E-state index contributed by atoms with van der Waals surface area (Å²) in [6, 6.07) is 6.98. The second kappa shape index (κ2) is 6.15. The van der Waals surface area contributed by atoms with Gasteiger partial charge in [-0.1, -0.05) is 12.1 Å². The van der Waals surface area contributed by atoms with Crippen LogP contribution < -0.4 is 5.73 Å². The maximum Gasteiger partial charge on any atom is 0.217 e. The molecule has 1 aliphatic rings. The van der Waals surface area contributed by atoms with Crippen molar-refractivity contribution in [1.82, 2.24) is 4.90 Å². The van der Waals surface area contributed by atoms with Crippen LogP contribution in [0.2, 0.25) is 0 Å². The van der Waals surface area contributed by atoms with Crippen molar-refractivity contribution in [2.24, 2.45) is 11.7 Å². The number of nitrogens with two attached hydrogens (primary N) is 1. The number of benzene rings is 1. The number of amides is 1. The molecule has 1 saturated heterocycles. The van der Waals surface area contributed by atoms with E-state index < -0.39 is 0 Å².